The molecule has 1 aromatic carbocycles. The third-order valence-corrected chi connectivity index (χ3v) is 5.66. The Balaban J connectivity index is 1.25. The molecule has 1 aliphatic heterocycles. The van der Waals surface area contributed by atoms with Crippen molar-refractivity contribution in [2.24, 2.45) is 0 Å². The van der Waals surface area contributed by atoms with Crippen molar-refractivity contribution in [1.29, 1.82) is 0 Å². The predicted molar refractivity (Wildman–Crippen MR) is 117 cm³/mol. The summed E-state index contributed by atoms with van der Waals surface area (Å²) in [5, 5.41) is 1.18. The Kier molecular flexibility index (Phi) is 5.41. The van der Waals surface area contributed by atoms with Gasteiger partial charge < -0.3 is 14.6 Å². The van der Waals surface area contributed by atoms with Gasteiger partial charge in [-0.2, -0.15) is 0 Å². The van der Waals surface area contributed by atoms with E-state index in [1.165, 1.54) is 17.3 Å². The summed E-state index contributed by atoms with van der Waals surface area (Å²) in [7, 11) is 0. The maximum absolute atomic E-state index is 12.9. The van der Waals surface area contributed by atoms with Gasteiger partial charge in [0.25, 0.3) is 0 Å². The van der Waals surface area contributed by atoms with E-state index >= 15 is 0 Å². The van der Waals surface area contributed by atoms with E-state index in [2.05, 4.69) is 27.1 Å². The zero-order valence-electron chi connectivity index (χ0n) is 17.1. The van der Waals surface area contributed by atoms with E-state index in [1.807, 2.05) is 41.4 Å². The Labute approximate surface area is 180 Å². The molecule has 5 rings (SSSR count). The van der Waals surface area contributed by atoms with E-state index in [1.54, 1.807) is 12.4 Å². The number of benzene rings is 1. The minimum absolute atomic E-state index is 0.145. The molecule has 4 heterocycles. The van der Waals surface area contributed by atoms with E-state index in [9.17, 15) is 4.79 Å². The maximum atomic E-state index is 12.9. The molecule has 0 saturated carbocycles. The van der Waals surface area contributed by atoms with Crippen LogP contribution < -0.4 is 0 Å². The standard InChI is InChI=1S/C24H23N5O2/c30-24(9-8-17-14-27-21-5-2-1-4-19(17)21)29-10-11-31-23(15-29)22-7-3-6-20(28-22)18-12-25-16-26-13-18/h1-7,12-14,16,23,27H,8-11,15H2/t23-/m1/s1. The van der Waals surface area contributed by atoms with Crippen LogP contribution in [0.25, 0.3) is 22.2 Å². The van der Waals surface area contributed by atoms with Crippen molar-refractivity contribution in [2.45, 2.75) is 18.9 Å². The lowest BCUT2D eigenvalue weighted by Crippen LogP contribution is -2.42. The van der Waals surface area contributed by atoms with E-state index in [0.29, 0.717) is 32.5 Å². The van der Waals surface area contributed by atoms with E-state index in [-0.39, 0.29) is 12.0 Å². The lowest BCUT2D eigenvalue weighted by atomic mass is 10.1. The fourth-order valence-corrected chi connectivity index (χ4v) is 4.02. The molecule has 3 aromatic heterocycles. The molecule has 31 heavy (non-hydrogen) atoms. The highest BCUT2D eigenvalue weighted by Crippen LogP contribution is 2.25. The highest BCUT2D eigenvalue weighted by Gasteiger charge is 2.26. The van der Waals surface area contributed by atoms with Crippen LogP contribution in [0.4, 0.5) is 0 Å². The second-order valence-corrected chi connectivity index (χ2v) is 7.63. The molecule has 0 aliphatic carbocycles. The summed E-state index contributed by atoms with van der Waals surface area (Å²) >= 11 is 0. The first-order valence-electron chi connectivity index (χ1n) is 10.4. The van der Waals surface area contributed by atoms with Crippen LogP contribution >= 0.6 is 0 Å². The van der Waals surface area contributed by atoms with Crippen LogP contribution in [0.15, 0.2) is 67.4 Å². The SMILES string of the molecule is O=C(CCc1c[nH]c2ccccc12)N1CCO[C@@H](c2cccc(-c3cncnc3)n2)C1. The Morgan fingerprint density at radius 1 is 1.13 bits per heavy atom. The van der Waals surface area contributed by atoms with Gasteiger partial charge in [-0.1, -0.05) is 24.3 Å². The number of fused-ring (bicyclic) bond motifs is 1. The Bertz CT molecular complexity index is 1190. The first kappa shape index (κ1) is 19.4. The number of para-hydroxylation sites is 1. The number of carbonyl (C=O) groups excluding carboxylic acids is 1. The molecule has 0 spiro atoms. The van der Waals surface area contributed by atoms with Crippen molar-refractivity contribution in [1.82, 2.24) is 24.8 Å². The van der Waals surface area contributed by atoms with Crippen LogP contribution in [-0.4, -0.2) is 50.4 Å². The molecular formula is C24H23N5O2. The monoisotopic (exact) mass is 413 g/mol. The third kappa shape index (κ3) is 4.18. The average Bonchev–Trinajstić information content (AvgIpc) is 3.26. The van der Waals surface area contributed by atoms with E-state index < -0.39 is 0 Å². The molecule has 1 atom stereocenters. The van der Waals surface area contributed by atoms with Gasteiger partial charge in [0, 0.05) is 48.0 Å². The number of ether oxygens (including phenoxy) is 1. The highest BCUT2D eigenvalue weighted by atomic mass is 16.5. The van der Waals surface area contributed by atoms with Crippen LogP contribution in [0, 0.1) is 0 Å². The quantitative estimate of drug-likeness (QED) is 0.541. The fourth-order valence-electron chi connectivity index (χ4n) is 4.02. The van der Waals surface area contributed by atoms with Gasteiger partial charge in [-0.05, 0) is 30.2 Å². The average molecular weight is 413 g/mol. The Hall–Kier alpha value is -3.58. The molecule has 7 heteroatoms. The summed E-state index contributed by atoms with van der Waals surface area (Å²) in [5.41, 5.74) is 4.74. The van der Waals surface area contributed by atoms with Crippen LogP contribution in [0.2, 0.25) is 0 Å². The molecule has 0 unspecified atom stereocenters. The number of nitrogens with one attached hydrogen (secondary N) is 1. The molecule has 0 radical (unpaired) electrons. The van der Waals surface area contributed by atoms with E-state index in [0.717, 1.165) is 22.5 Å². The van der Waals surface area contributed by atoms with Crippen molar-refractivity contribution >= 4 is 16.8 Å². The number of aromatic nitrogens is 4. The molecule has 4 aromatic rings. The molecule has 0 bridgehead atoms. The predicted octanol–water partition coefficient (Wildman–Crippen LogP) is 3.55. The largest absolute Gasteiger partial charge is 0.368 e. The fraction of sp³-hybridized carbons (Fsp3) is 0.250. The van der Waals surface area contributed by atoms with Gasteiger partial charge in [0.2, 0.25) is 5.91 Å². The van der Waals surface area contributed by atoms with Crippen molar-refractivity contribution < 1.29 is 9.53 Å². The van der Waals surface area contributed by atoms with Gasteiger partial charge in [0.05, 0.1) is 24.5 Å². The zero-order valence-corrected chi connectivity index (χ0v) is 17.1. The normalized spacial score (nSPS) is 16.5. The first-order valence-corrected chi connectivity index (χ1v) is 10.4. The molecule has 1 aliphatic rings. The topological polar surface area (TPSA) is 84.0 Å². The number of hydrogen-bond donors (Lipinski definition) is 1. The first-order chi connectivity index (χ1) is 15.3. The molecule has 7 nitrogen and oxygen atoms in total. The maximum Gasteiger partial charge on any atom is 0.223 e. The lowest BCUT2D eigenvalue weighted by molar-refractivity contribution is -0.139. The number of pyridine rings is 1. The second kappa shape index (κ2) is 8.65. The summed E-state index contributed by atoms with van der Waals surface area (Å²) in [6.07, 6.45) is 7.93. The van der Waals surface area contributed by atoms with Crippen LogP contribution in [-0.2, 0) is 16.0 Å². The molecular weight excluding hydrogens is 390 g/mol. The third-order valence-electron chi connectivity index (χ3n) is 5.66. The van der Waals surface area contributed by atoms with Gasteiger partial charge >= 0.3 is 0 Å². The van der Waals surface area contributed by atoms with Gasteiger partial charge in [-0.3, -0.25) is 4.79 Å². The number of hydrogen-bond acceptors (Lipinski definition) is 5. The van der Waals surface area contributed by atoms with Gasteiger partial charge in [-0.15, -0.1) is 0 Å². The molecule has 1 amide bonds. The van der Waals surface area contributed by atoms with Crippen molar-refractivity contribution in [3.8, 4) is 11.3 Å². The van der Waals surface area contributed by atoms with Gasteiger partial charge in [0.1, 0.15) is 12.4 Å². The number of nitrogens with zero attached hydrogens (tertiary/aromatic N) is 4. The number of amides is 1. The van der Waals surface area contributed by atoms with Crippen LogP contribution in [0.3, 0.4) is 0 Å². The summed E-state index contributed by atoms with van der Waals surface area (Å²) in [4.78, 5) is 30.9. The summed E-state index contributed by atoms with van der Waals surface area (Å²) in [6, 6.07) is 14.0. The number of rotatable bonds is 5. The van der Waals surface area contributed by atoms with Crippen molar-refractivity contribution in [2.75, 3.05) is 19.7 Å². The molecule has 156 valence electrons. The minimum atomic E-state index is -0.240. The molecule has 1 fully saturated rings. The smallest absolute Gasteiger partial charge is 0.223 e. The second-order valence-electron chi connectivity index (χ2n) is 7.63. The number of morpholine rings is 1. The van der Waals surface area contributed by atoms with Gasteiger partial charge in [0.15, 0.2) is 0 Å². The molecule has 1 N–H and O–H groups in total. The van der Waals surface area contributed by atoms with Crippen molar-refractivity contribution in [3.63, 3.8) is 0 Å². The van der Waals surface area contributed by atoms with Gasteiger partial charge in [-0.25, -0.2) is 15.0 Å². The molecule has 1 saturated heterocycles. The highest BCUT2D eigenvalue weighted by molar-refractivity contribution is 5.84. The number of aromatic amines is 1. The minimum Gasteiger partial charge on any atom is -0.368 e. The number of aryl methyl sites for hydroxylation is 1. The summed E-state index contributed by atoms with van der Waals surface area (Å²) in [6.45, 7) is 1.62. The number of H-pyrrole nitrogens is 1. The summed E-state index contributed by atoms with van der Waals surface area (Å²) in [5.74, 6) is 0.145. The zero-order chi connectivity index (χ0) is 21.0. The van der Waals surface area contributed by atoms with Crippen LogP contribution in [0.5, 0.6) is 0 Å². The lowest BCUT2D eigenvalue weighted by Gasteiger charge is -2.33. The number of carbonyl (C=O) groups is 1. The van der Waals surface area contributed by atoms with Crippen molar-refractivity contribution in [3.05, 3.63) is 78.6 Å². The summed E-state index contributed by atoms with van der Waals surface area (Å²) < 4.78 is 5.95. The Morgan fingerprint density at radius 3 is 2.90 bits per heavy atom. The van der Waals surface area contributed by atoms with Crippen LogP contribution in [0.1, 0.15) is 23.8 Å². The van der Waals surface area contributed by atoms with E-state index in [4.69, 9.17) is 9.72 Å². The Morgan fingerprint density at radius 2 is 2.00 bits per heavy atom.